The minimum Gasteiger partial charge on any atom is -0.464 e. The van der Waals surface area contributed by atoms with E-state index < -0.39 is 0 Å². The average molecular weight is 587 g/mol. The second-order valence-corrected chi connectivity index (χ2v) is 12.0. The zero-order valence-corrected chi connectivity index (χ0v) is 24.8. The lowest BCUT2D eigenvalue weighted by molar-refractivity contribution is 0.614. The first-order chi connectivity index (χ1) is 22.8. The quantitative estimate of drug-likeness (QED) is 0.193. The molecular weight excluding hydrogens is 560 g/mol. The number of benzene rings is 8. The molecule has 2 heteroatoms. The van der Waals surface area contributed by atoms with Gasteiger partial charge < -0.3 is 8.83 Å². The van der Waals surface area contributed by atoms with Crippen molar-refractivity contribution < 1.29 is 8.83 Å². The van der Waals surface area contributed by atoms with Crippen LogP contribution in [0.25, 0.3) is 98.6 Å². The van der Waals surface area contributed by atoms with E-state index in [9.17, 15) is 0 Å². The summed E-state index contributed by atoms with van der Waals surface area (Å²) in [5, 5.41) is 10.7. The summed E-state index contributed by atoms with van der Waals surface area (Å²) in [6.07, 6.45) is 1.84. The van der Waals surface area contributed by atoms with Crippen molar-refractivity contribution in [2.75, 3.05) is 0 Å². The van der Waals surface area contributed by atoms with Gasteiger partial charge in [0.1, 0.15) is 16.7 Å². The molecule has 0 unspecified atom stereocenters. The molecule has 0 aliphatic heterocycles. The van der Waals surface area contributed by atoms with Crippen molar-refractivity contribution in [3.63, 3.8) is 0 Å². The summed E-state index contributed by atoms with van der Waals surface area (Å²) in [4.78, 5) is 0. The van der Waals surface area contributed by atoms with Crippen LogP contribution >= 0.6 is 0 Å². The molecule has 0 N–H and O–H groups in total. The van der Waals surface area contributed by atoms with Crippen LogP contribution in [0.5, 0.6) is 0 Å². The third-order valence-corrected chi connectivity index (χ3v) is 9.53. The van der Waals surface area contributed by atoms with Gasteiger partial charge in [-0.2, -0.15) is 0 Å². The Balaban J connectivity index is 1.22. The lowest BCUT2D eigenvalue weighted by Gasteiger charge is -2.18. The summed E-state index contributed by atoms with van der Waals surface area (Å²) < 4.78 is 12.6. The standard InChI is InChI=1S/C44H26O2/c1-2-11-28(12-3-1)39-26-45-40-25-42-37(24-38(39)40)31-22-21-29(23-41(31)46-42)43-33-16-6-8-18-35(33)44(36-19-9-7-17-34(36)43)32-20-10-14-27-13-4-5-15-30(27)32/h1-26H. The Morgan fingerprint density at radius 3 is 1.72 bits per heavy atom. The number of rotatable bonds is 3. The molecule has 0 saturated heterocycles. The summed E-state index contributed by atoms with van der Waals surface area (Å²) in [6.45, 7) is 0. The lowest BCUT2D eigenvalue weighted by atomic mass is 9.84. The maximum Gasteiger partial charge on any atom is 0.139 e. The molecule has 0 radical (unpaired) electrons. The Morgan fingerprint density at radius 1 is 0.326 bits per heavy atom. The van der Waals surface area contributed by atoms with Gasteiger partial charge in [0.15, 0.2) is 0 Å². The van der Waals surface area contributed by atoms with E-state index in [0.717, 1.165) is 49.6 Å². The van der Waals surface area contributed by atoms with Crippen LogP contribution in [0.1, 0.15) is 0 Å². The highest BCUT2D eigenvalue weighted by atomic mass is 16.3. The molecule has 0 fully saturated rings. The Hall–Kier alpha value is -6.12. The van der Waals surface area contributed by atoms with Crippen LogP contribution < -0.4 is 0 Å². The molecular formula is C44H26O2. The van der Waals surface area contributed by atoms with Crippen molar-refractivity contribution in [3.05, 3.63) is 158 Å². The zero-order chi connectivity index (χ0) is 30.2. The first kappa shape index (κ1) is 25.2. The molecule has 214 valence electrons. The predicted octanol–water partition coefficient (Wildman–Crippen LogP) is 12.8. The van der Waals surface area contributed by atoms with Crippen LogP contribution in [0.4, 0.5) is 0 Å². The minimum atomic E-state index is 0.826. The van der Waals surface area contributed by atoms with Crippen molar-refractivity contribution in [3.8, 4) is 33.4 Å². The topological polar surface area (TPSA) is 26.3 Å². The van der Waals surface area contributed by atoms with Crippen LogP contribution in [0.3, 0.4) is 0 Å². The van der Waals surface area contributed by atoms with Crippen molar-refractivity contribution in [1.29, 1.82) is 0 Å². The van der Waals surface area contributed by atoms with Gasteiger partial charge in [-0.1, -0.05) is 127 Å². The molecule has 46 heavy (non-hydrogen) atoms. The average Bonchev–Trinajstić information content (AvgIpc) is 3.70. The molecule has 0 bridgehead atoms. The highest BCUT2D eigenvalue weighted by Gasteiger charge is 2.19. The van der Waals surface area contributed by atoms with E-state index in [4.69, 9.17) is 8.83 Å². The van der Waals surface area contributed by atoms with Crippen molar-refractivity contribution in [2.24, 2.45) is 0 Å². The minimum absolute atomic E-state index is 0.826. The third kappa shape index (κ3) is 3.65. The first-order valence-electron chi connectivity index (χ1n) is 15.7. The molecule has 2 nitrogen and oxygen atoms in total. The van der Waals surface area contributed by atoms with E-state index >= 15 is 0 Å². The zero-order valence-electron chi connectivity index (χ0n) is 24.8. The van der Waals surface area contributed by atoms with Crippen LogP contribution in [0.2, 0.25) is 0 Å². The van der Waals surface area contributed by atoms with Crippen LogP contribution in [0.15, 0.2) is 167 Å². The van der Waals surface area contributed by atoms with E-state index in [-0.39, 0.29) is 0 Å². The van der Waals surface area contributed by atoms with E-state index in [0.29, 0.717) is 0 Å². The fourth-order valence-corrected chi connectivity index (χ4v) is 7.47. The molecule has 10 rings (SSSR count). The Morgan fingerprint density at radius 2 is 0.957 bits per heavy atom. The van der Waals surface area contributed by atoms with Gasteiger partial charge in [0.05, 0.1) is 6.26 Å². The van der Waals surface area contributed by atoms with E-state index in [1.165, 1.54) is 49.0 Å². The number of hydrogen-bond acceptors (Lipinski definition) is 2. The van der Waals surface area contributed by atoms with Crippen molar-refractivity contribution in [2.45, 2.75) is 0 Å². The van der Waals surface area contributed by atoms with Gasteiger partial charge in [0.25, 0.3) is 0 Å². The molecule has 0 aliphatic rings. The number of fused-ring (bicyclic) bond motifs is 7. The van der Waals surface area contributed by atoms with Crippen LogP contribution in [-0.2, 0) is 0 Å². The van der Waals surface area contributed by atoms with Crippen LogP contribution in [-0.4, -0.2) is 0 Å². The Kier molecular flexibility index (Phi) is 5.31. The monoisotopic (exact) mass is 586 g/mol. The van der Waals surface area contributed by atoms with E-state index in [1.807, 2.05) is 18.4 Å². The molecule has 0 aliphatic carbocycles. The van der Waals surface area contributed by atoms with Gasteiger partial charge in [-0.25, -0.2) is 0 Å². The SMILES string of the molecule is c1ccc(-c2coc3cc4oc5cc(-c6c7ccccc7c(-c7cccc8ccccc78)c7ccccc67)ccc5c4cc23)cc1. The Bertz CT molecular complexity index is 2740. The summed E-state index contributed by atoms with van der Waals surface area (Å²) >= 11 is 0. The maximum absolute atomic E-state index is 6.54. The van der Waals surface area contributed by atoms with Gasteiger partial charge in [-0.15, -0.1) is 0 Å². The summed E-state index contributed by atoms with van der Waals surface area (Å²) in [7, 11) is 0. The van der Waals surface area contributed by atoms with Crippen molar-refractivity contribution >= 4 is 65.2 Å². The highest BCUT2D eigenvalue weighted by Crippen LogP contribution is 2.46. The van der Waals surface area contributed by atoms with Gasteiger partial charge in [-0.3, -0.25) is 0 Å². The van der Waals surface area contributed by atoms with Gasteiger partial charge in [-0.05, 0) is 78.3 Å². The lowest BCUT2D eigenvalue weighted by Crippen LogP contribution is -1.91. The molecule has 2 heterocycles. The maximum atomic E-state index is 6.54. The summed E-state index contributed by atoms with van der Waals surface area (Å²) in [5.41, 5.74) is 9.63. The number of furan rings is 2. The molecule has 0 amide bonds. The molecule has 8 aromatic carbocycles. The fraction of sp³-hybridized carbons (Fsp3) is 0. The molecule has 2 aromatic heterocycles. The second kappa shape index (κ2) is 9.69. The molecule has 10 aromatic rings. The van der Waals surface area contributed by atoms with Crippen LogP contribution in [0, 0.1) is 0 Å². The number of hydrogen-bond donors (Lipinski definition) is 0. The molecule has 0 saturated carbocycles. The second-order valence-electron chi connectivity index (χ2n) is 12.0. The highest BCUT2D eigenvalue weighted by molar-refractivity contribution is 6.24. The van der Waals surface area contributed by atoms with Gasteiger partial charge in [0, 0.05) is 27.8 Å². The van der Waals surface area contributed by atoms with E-state index in [1.54, 1.807) is 0 Å². The smallest absolute Gasteiger partial charge is 0.139 e. The first-order valence-corrected chi connectivity index (χ1v) is 15.7. The van der Waals surface area contributed by atoms with Gasteiger partial charge in [0.2, 0.25) is 0 Å². The van der Waals surface area contributed by atoms with E-state index in [2.05, 4.69) is 140 Å². The molecule has 0 atom stereocenters. The molecule has 0 spiro atoms. The summed E-state index contributed by atoms with van der Waals surface area (Å²) in [6, 6.07) is 54.2. The summed E-state index contributed by atoms with van der Waals surface area (Å²) in [5.74, 6) is 0. The van der Waals surface area contributed by atoms with Crippen molar-refractivity contribution in [1.82, 2.24) is 0 Å². The normalized spacial score (nSPS) is 11.9. The Labute approximate surface area is 264 Å². The van der Waals surface area contributed by atoms with Gasteiger partial charge >= 0.3 is 0 Å². The predicted molar refractivity (Wildman–Crippen MR) is 192 cm³/mol. The largest absolute Gasteiger partial charge is 0.464 e. The fourth-order valence-electron chi connectivity index (χ4n) is 7.47. The third-order valence-electron chi connectivity index (χ3n) is 9.53.